The highest BCUT2D eigenvalue weighted by molar-refractivity contribution is 5.91. The number of aliphatic hydroxyl groups is 1. The summed E-state index contributed by atoms with van der Waals surface area (Å²) in [5, 5.41) is 11.4. The molecule has 0 aromatic heterocycles. The minimum Gasteiger partial charge on any atom is -0.449 e. The standard InChI is InChI=1S/C20H27NO3/c1-2-24-19(22)21-15-12-17(16-10-6-7-11-18(16)21)20(23)13-8-4-3-5-9-14-20/h6-7,10-12,15,17,23H,2-5,8-9,13-14H2,1H3. The third-order valence-corrected chi connectivity index (χ3v) is 5.22. The molecule has 0 saturated heterocycles. The SMILES string of the molecule is CCOC(=O)N1C=CC(C2(O)CCCCCCC2)c2ccccc21. The Kier molecular flexibility index (Phi) is 5.24. The van der Waals surface area contributed by atoms with Crippen LogP contribution in [0.3, 0.4) is 0 Å². The highest BCUT2D eigenvalue weighted by Crippen LogP contribution is 2.44. The molecule has 3 rings (SSSR count). The normalized spacial score (nSPS) is 23.1. The largest absolute Gasteiger partial charge is 0.449 e. The van der Waals surface area contributed by atoms with Gasteiger partial charge in [-0.2, -0.15) is 0 Å². The summed E-state index contributed by atoms with van der Waals surface area (Å²) >= 11 is 0. The summed E-state index contributed by atoms with van der Waals surface area (Å²) in [4.78, 5) is 13.8. The summed E-state index contributed by atoms with van der Waals surface area (Å²) in [6.45, 7) is 2.15. The third-order valence-electron chi connectivity index (χ3n) is 5.22. The summed E-state index contributed by atoms with van der Waals surface area (Å²) in [5.74, 6) is -0.0718. The van der Waals surface area contributed by atoms with Crippen LogP contribution in [0.2, 0.25) is 0 Å². The first-order valence-electron chi connectivity index (χ1n) is 9.11. The number of benzene rings is 1. The van der Waals surface area contributed by atoms with E-state index < -0.39 is 5.60 Å². The third kappa shape index (κ3) is 3.34. The number of para-hydroxylation sites is 1. The Labute approximate surface area is 144 Å². The molecular formula is C20H27NO3. The fraction of sp³-hybridized carbons (Fsp3) is 0.550. The number of ether oxygens (including phenoxy) is 1. The molecule has 0 spiro atoms. The molecule has 1 aromatic rings. The van der Waals surface area contributed by atoms with Crippen LogP contribution in [0.1, 0.15) is 63.4 Å². The molecule has 0 bridgehead atoms. The number of fused-ring (bicyclic) bond motifs is 1. The summed E-state index contributed by atoms with van der Waals surface area (Å²) in [6, 6.07) is 7.84. The molecule has 24 heavy (non-hydrogen) atoms. The van der Waals surface area contributed by atoms with E-state index >= 15 is 0 Å². The molecule has 2 aliphatic rings. The molecule has 1 aliphatic heterocycles. The molecule has 1 fully saturated rings. The lowest BCUT2D eigenvalue weighted by Crippen LogP contribution is -2.40. The molecule has 130 valence electrons. The zero-order valence-corrected chi connectivity index (χ0v) is 14.4. The van der Waals surface area contributed by atoms with Crippen LogP contribution in [-0.2, 0) is 4.74 Å². The van der Waals surface area contributed by atoms with Gasteiger partial charge in [0, 0.05) is 12.1 Å². The molecule has 1 amide bonds. The van der Waals surface area contributed by atoms with E-state index in [1.54, 1.807) is 18.0 Å². The number of hydrogen-bond donors (Lipinski definition) is 1. The van der Waals surface area contributed by atoms with Gasteiger partial charge in [-0.3, -0.25) is 4.90 Å². The number of carbonyl (C=O) groups is 1. The fourth-order valence-corrected chi connectivity index (χ4v) is 3.98. The van der Waals surface area contributed by atoms with Gasteiger partial charge >= 0.3 is 6.09 Å². The lowest BCUT2D eigenvalue weighted by atomic mass is 9.73. The molecule has 1 aromatic carbocycles. The van der Waals surface area contributed by atoms with Gasteiger partial charge in [-0.25, -0.2) is 4.79 Å². The first-order valence-corrected chi connectivity index (χ1v) is 9.11. The van der Waals surface area contributed by atoms with Crippen molar-refractivity contribution in [2.45, 2.75) is 63.4 Å². The monoisotopic (exact) mass is 329 g/mol. The van der Waals surface area contributed by atoms with E-state index in [0.29, 0.717) is 6.61 Å². The van der Waals surface area contributed by atoms with Crippen LogP contribution < -0.4 is 4.90 Å². The smallest absolute Gasteiger partial charge is 0.418 e. The molecule has 4 nitrogen and oxygen atoms in total. The number of hydrogen-bond acceptors (Lipinski definition) is 3. The second kappa shape index (κ2) is 7.39. The Balaban J connectivity index is 1.93. The zero-order valence-electron chi connectivity index (χ0n) is 14.4. The van der Waals surface area contributed by atoms with Gasteiger partial charge in [0.25, 0.3) is 0 Å². The van der Waals surface area contributed by atoms with Gasteiger partial charge in [0.1, 0.15) is 0 Å². The van der Waals surface area contributed by atoms with Crippen molar-refractivity contribution in [3.63, 3.8) is 0 Å². The van der Waals surface area contributed by atoms with Crippen molar-refractivity contribution >= 4 is 11.8 Å². The van der Waals surface area contributed by atoms with E-state index in [4.69, 9.17) is 4.74 Å². The summed E-state index contributed by atoms with van der Waals surface area (Å²) in [7, 11) is 0. The predicted molar refractivity (Wildman–Crippen MR) is 95.1 cm³/mol. The Morgan fingerprint density at radius 2 is 1.88 bits per heavy atom. The molecule has 1 unspecified atom stereocenters. The van der Waals surface area contributed by atoms with Crippen LogP contribution in [0.4, 0.5) is 10.5 Å². The van der Waals surface area contributed by atoms with Crippen molar-refractivity contribution in [2.75, 3.05) is 11.5 Å². The number of amides is 1. The Morgan fingerprint density at radius 1 is 1.21 bits per heavy atom. The van der Waals surface area contributed by atoms with Crippen molar-refractivity contribution < 1.29 is 14.6 Å². The van der Waals surface area contributed by atoms with Gasteiger partial charge in [-0.05, 0) is 31.4 Å². The minimum absolute atomic E-state index is 0.0718. The number of nitrogens with zero attached hydrogens (tertiary/aromatic N) is 1. The second-order valence-electron chi connectivity index (χ2n) is 6.82. The van der Waals surface area contributed by atoms with Gasteiger partial charge < -0.3 is 9.84 Å². The van der Waals surface area contributed by atoms with Crippen molar-refractivity contribution in [3.05, 3.63) is 42.1 Å². The van der Waals surface area contributed by atoms with E-state index in [1.807, 2.05) is 30.3 Å². The maximum absolute atomic E-state index is 12.2. The van der Waals surface area contributed by atoms with Crippen LogP contribution in [0.25, 0.3) is 0 Å². The minimum atomic E-state index is -0.728. The topological polar surface area (TPSA) is 49.8 Å². The second-order valence-corrected chi connectivity index (χ2v) is 6.82. The molecule has 1 N–H and O–H groups in total. The van der Waals surface area contributed by atoms with Crippen molar-refractivity contribution in [1.82, 2.24) is 0 Å². The van der Waals surface area contributed by atoms with E-state index in [-0.39, 0.29) is 12.0 Å². The van der Waals surface area contributed by atoms with Crippen LogP contribution in [0, 0.1) is 0 Å². The molecule has 1 heterocycles. The number of anilines is 1. The molecular weight excluding hydrogens is 302 g/mol. The first kappa shape index (κ1) is 17.0. The summed E-state index contributed by atoms with van der Waals surface area (Å²) in [6.07, 6.45) is 10.8. The van der Waals surface area contributed by atoms with Crippen molar-refractivity contribution in [3.8, 4) is 0 Å². The van der Waals surface area contributed by atoms with Gasteiger partial charge in [-0.15, -0.1) is 0 Å². The maximum Gasteiger partial charge on any atom is 0.418 e. The Morgan fingerprint density at radius 3 is 2.58 bits per heavy atom. The lowest BCUT2D eigenvalue weighted by Gasteiger charge is -2.40. The van der Waals surface area contributed by atoms with Gasteiger partial charge in [-0.1, -0.05) is 56.4 Å². The quantitative estimate of drug-likeness (QED) is 0.853. The molecule has 4 heteroatoms. The van der Waals surface area contributed by atoms with Crippen molar-refractivity contribution in [2.24, 2.45) is 0 Å². The lowest BCUT2D eigenvalue weighted by molar-refractivity contribution is 0.000187. The van der Waals surface area contributed by atoms with Crippen LogP contribution in [0.5, 0.6) is 0 Å². The van der Waals surface area contributed by atoms with Gasteiger partial charge in [0.05, 0.1) is 17.9 Å². The Hall–Kier alpha value is -1.81. The molecule has 1 saturated carbocycles. The average molecular weight is 329 g/mol. The van der Waals surface area contributed by atoms with Gasteiger partial charge in [0.15, 0.2) is 0 Å². The number of rotatable bonds is 2. The van der Waals surface area contributed by atoms with Crippen LogP contribution in [-0.4, -0.2) is 23.4 Å². The molecule has 1 atom stereocenters. The van der Waals surface area contributed by atoms with Crippen LogP contribution >= 0.6 is 0 Å². The number of carbonyl (C=O) groups excluding carboxylic acids is 1. The highest BCUT2D eigenvalue weighted by Gasteiger charge is 2.39. The maximum atomic E-state index is 12.2. The molecule has 0 radical (unpaired) electrons. The van der Waals surface area contributed by atoms with E-state index in [2.05, 4.69) is 0 Å². The predicted octanol–water partition coefficient (Wildman–Crippen LogP) is 4.74. The Bertz CT molecular complexity index is 603. The van der Waals surface area contributed by atoms with Crippen molar-refractivity contribution in [1.29, 1.82) is 0 Å². The fourth-order valence-electron chi connectivity index (χ4n) is 3.98. The highest BCUT2D eigenvalue weighted by atomic mass is 16.6. The summed E-state index contributed by atoms with van der Waals surface area (Å²) < 4.78 is 5.15. The first-order chi connectivity index (χ1) is 11.7. The van der Waals surface area contributed by atoms with E-state index in [9.17, 15) is 9.90 Å². The van der Waals surface area contributed by atoms with E-state index in [0.717, 1.165) is 36.9 Å². The zero-order chi connectivity index (χ0) is 17.0. The van der Waals surface area contributed by atoms with Crippen LogP contribution in [0.15, 0.2) is 36.5 Å². The summed E-state index contributed by atoms with van der Waals surface area (Å²) in [5.41, 5.74) is 1.10. The van der Waals surface area contributed by atoms with Gasteiger partial charge in [0.2, 0.25) is 0 Å². The van der Waals surface area contributed by atoms with E-state index in [1.165, 1.54) is 19.3 Å². The molecule has 1 aliphatic carbocycles. The average Bonchev–Trinajstić information content (AvgIpc) is 2.57.